The Labute approximate surface area is 334 Å². The van der Waals surface area contributed by atoms with Crippen molar-refractivity contribution in [2.24, 2.45) is 0 Å². The molecule has 3 aliphatic rings. The summed E-state index contributed by atoms with van der Waals surface area (Å²) in [6.45, 7) is 4.66. The van der Waals surface area contributed by atoms with Gasteiger partial charge in [0.15, 0.2) is 5.82 Å². The fraction of sp³-hybridized carbons (Fsp3) is 0.0962. The molecule has 0 radical (unpaired) electrons. The van der Waals surface area contributed by atoms with Crippen LogP contribution in [0, 0.1) is 11.3 Å². The summed E-state index contributed by atoms with van der Waals surface area (Å²) in [5, 5.41) is 14.5. The second-order valence-corrected chi connectivity index (χ2v) is 17.1. The van der Waals surface area contributed by atoms with Crippen molar-refractivity contribution in [3.63, 3.8) is 0 Å². The zero-order valence-electron chi connectivity index (χ0n) is 31.4. The van der Waals surface area contributed by atoms with Crippen LogP contribution in [0.5, 0.6) is 0 Å². The molecular formula is C52H34N4S. The molecule has 9 aromatic rings. The maximum Gasteiger partial charge on any atom is 0.162 e. The maximum atomic E-state index is 9.47. The van der Waals surface area contributed by atoms with Gasteiger partial charge in [-0.15, -0.1) is 11.3 Å². The monoisotopic (exact) mass is 746 g/mol. The van der Waals surface area contributed by atoms with E-state index in [1.54, 1.807) is 0 Å². The van der Waals surface area contributed by atoms with E-state index in [4.69, 9.17) is 9.97 Å². The fourth-order valence-electron chi connectivity index (χ4n) is 9.83. The number of benzene rings is 7. The van der Waals surface area contributed by atoms with Crippen LogP contribution in [0.15, 0.2) is 151 Å². The van der Waals surface area contributed by atoms with Crippen molar-refractivity contribution >= 4 is 59.9 Å². The first-order valence-corrected chi connectivity index (χ1v) is 20.4. The minimum Gasteiger partial charge on any atom is -0.297 e. The molecule has 0 saturated heterocycles. The number of rotatable bonds is 3. The van der Waals surface area contributed by atoms with E-state index >= 15 is 0 Å². The summed E-state index contributed by atoms with van der Waals surface area (Å²) in [5.74, 6) is 1.85. The third-order valence-corrected chi connectivity index (χ3v) is 13.7. The van der Waals surface area contributed by atoms with Crippen LogP contribution in [-0.2, 0) is 11.8 Å². The van der Waals surface area contributed by atoms with Gasteiger partial charge in [-0.05, 0) is 105 Å². The van der Waals surface area contributed by atoms with Crippen molar-refractivity contribution in [2.45, 2.75) is 31.6 Å². The smallest absolute Gasteiger partial charge is 0.162 e. The number of hydrogen-bond donors (Lipinski definition) is 0. The van der Waals surface area contributed by atoms with E-state index in [0.717, 1.165) is 51.6 Å². The van der Waals surface area contributed by atoms with Crippen LogP contribution < -0.4 is 4.90 Å². The summed E-state index contributed by atoms with van der Waals surface area (Å²) < 4.78 is 2.54. The summed E-state index contributed by atoms with van der Waals surface area (Å²) in [6, 6.07) is 54.6. The molecule has 1 atom stereocenters. The largest absolute Gasteiger partial charge is 0.297 e. The molecule has 2 aliphatic carbocycles. The molecule has 1 unspecified atom stereocenters. The van der Waals surface area contributed by atoms with Gasteiger partial charge in [-0.1, -0.05) is 111 Å². The molecule has 0 bridgehead atoms. The van der Waals surface area contributed by atoms with E-state index in [1.165, 1.54) is 64.6 Å². The lowest BCUT2D eigenvalue weighted by Crippen LogP contribution is -2.25. The quantitative estimate of drug-likeness (QED) is 0.181. The Balaban J connectivity index is 1.14. The lowest BCUT2D eigenvalue weighted by Gasteiger charge is -2.31. The van der Waals surface area contributed by atoms with E-state index < -0.39 is 5.41 Å². The lowest BCUT2D eigenvalue weighted by molar-refractivity contribution is 0.655. The standard InChI is InChI=1S/C52H34N4S/c1-52(2)42-27-35(31-17-15-30(29-53)16-18-31)19-22-39(42)49-48(52)51(55-50(54-49)36-21-24-46-40(26-36)38-13-7-8-14-45(38)57-46)56-43-23-20-32-9-5-6-12-37(32)47(43)41-25-33-10-3-4-11-34(33)28-44(41)56/h3-24,26-28,41H,25H2,1-2H3. The third-order valence-electron chi connectivity index (χ3n) is 12.6. The van der Waals surface area contributed by atoms with Crippen molar-refractivity contribution < 1.29 is 0 Å². The predicted octanol–water partition coefficient (Wildman–Crippen LogP) is 13.3. The second kappa shape index (κ2) is 11.8. The Morgan fingerprint density at radius 3 is 2.33 bits per heavy atom. The average Bonchev–Trinajstić information content (AvgIpc) is 3.87. The third kappa shape index (κ3) is 4.65. The molecule has 7 aromatic carbocycles. The lowest BCUT2D eigenvalue weighted by atomic mass is 9.81. The maximum absolute atomic E-state index is 9.47. The SMILES string of the molecule is CC1(C)c2cc(-c3ccc(C#N)cc3)ccc2-c2nc(-c3ccc4sc5ccccc5c4c3)nc(N3C4=Cc5ccccc5CC4c4c3ccc3ccccc43)c21. The normalized spacial score (nSPS) is 15.8. The van der Waals surface area contributed by atoms with Crippen LogP contribution >= 0.6 is 11.3 Å². The highest BCUT2D eigenvalue weighted by molar-refractivity contribution is 7.25. The van der Waals surface area contributed by atoms with Crippen LogP contribution in [0.2, 0.25) is 0 Å². The highest BCUT2D eigenvalue weighted by atomic mass is 32.1. The highest BCUT2D eigenvalue weighted by Gasteiger charge is 2.46. The molecule has 0 saturated carbocycles. The van der Waals surface area contributed by atoms with Gasteiger partial charge < -0.3 is 0 Å². The van der Waals surface area contributed by atoms with Gasteiger partial charge in [0.1, 0.15) is 5.82 Å². The van der Waals surface area contributed by atoms with Crippen LogP contribution in [0.4, 0.5) is 11.5 Å². The molecule has 4 nitrogen and oxygen atoms in total. The van der Waals surface area contributed by atoms with Crippen molar-refractivity contribution in [2.75, 3.05) is 4.90 Å². The van der Waals surface area contributed by atoms with E-state index in [9.17, 15) is 5.26 Å². The molecule has 5 heteroatoms. The Morgan fingerprint density at radius 1 is 0.702 bits per heavy atom. The topological polar surface area (TPSA) is 52.8 Å². The predicted molar refractivity (Wildman–Crippen MR) is 235 cm³/mol. The Morgan fingerprint density at radius 2 is 1.46 bits per heavy atom. The molecule has 0 amide bonds. The number of nitrogens with zero attached hydrogens (tertiary/aromatic N) is 4. The van der Waals surface area contributed by atoms with Crippen LogP contribution in [-0.4, -0.2) is 9.97 Å². The van der Waals surface area contributed by atoms with Gasteiger partial charge in [0.25, 0.3) is 0 Å². The first-order valence-electron chi connectivity index (χ1n) is 19.6. The van der Waals surface area contributed by atoms with E-state index in [2.05, 4.69) is 152 Å². The molecule has 0 spiro atoms. The molecule has 57 heavy (non-hydrogen) atoms. The molecule has 0 N–H and O–H groups in total. The first-order chi connectivity index (χ1) is 27.9. The van der Waals surface area contributed by atoms with Gasteiger partial charge in [-0.2, -0.15) is 5.26 Å². The van der Waals surface area contributed by atoms with Gasteiger partial charge in [-0.25, -0.2) is 9.97 Å². The minimum absolute atomic E-state index is 0.179. The van der Waals surface area contributed by atoms with Gasteiger partial charge in [0.05, 0.1) is 23.0 Å². The Bertz CT molecular complexity index is 3270. The number of anilines is 2. The fourth-order valence-corrected chi connectivity index (χ4v) is 10.9. The van der Waals surface area contributed by atoms with Crippen LogP contribution in [0.25, 0.3) is 70.8 Å². The second-order valence-electron chi connectivity index (χ2n) is 16.1. The molecule has 1 aliphatic heterocycles. The van der Waals surface area contributed by atoms with Crippen LogP contribution in [0.1, 0.15) is 53.1 Å². The molecule has 3 heterocycles. The van der Waals surface area contributed by atoms with Gasteiger partial charge >= 0.3 is 0 Å². The zero-order chi connectivity index (χ0) is 38.0. The molecule has 0 fully saturated rings. The zero-order valence-corrected chi connectivity index (χ0v) is 32.2. The number of thiophene rings is 1. The average molecular weight is 747 g/mol. The van der Waals surface area contributed by atoms with Crippen molar-refractivity contribution in [1.82, 2.24) is 9.97 Å². The highest BCUT2D eigenvalue weighted by Crippen LogP contribution is 2.59. The number of allylic oxidation sites excluding steroid dienone is 1. The van der Waals surface area contributed by atoms with Crippen molar-refractivity contribution in [1.29, 1.82) is 5.26 Å². The number of fused-ring (bicyclic) bond motifs is 12. The summed E-state index contributed by atoms with van der Waals surface area (Å²) in [6.07, 6.45) is 3.34. The van der Waals surface area contributed by atoms with E-state index in [0.29, 0.717) is 5.56 Å². The molecule has 12 rings (SSSR count). The molecule has 268 valence electrons. The first kappa shape index (κ1) is 32.4. The van der Waals surface area contributed by atoms with E-state index in [1.807, 2.05) is 35.6 Å². The number of nitriles is 1. The van der Waals surface area contributed by atoms with Gasteiger partial charge in [-0.3, -0.25) is 4.90 Å². The van der Waals surface area contributed by atoms with Crippen molar-refractivity contribution in [3.05, 3.63) is 185 Å². The summed E-state index contributed by atoms with van der Waals surface area (Å²) in [4.78, 5) is 13.8. The summed E-state index contributed by atoms with van der Waals surface area (Å²) >= 11 is 1.83. The van der Waals surface area contributed by atoms with E-state index in [-0.39, 0.29) is 5.92 Å². The Hall–Kier alpha value is -6.87. The van der Waals surface area contributed by atoms with Crippen LogP contribution in [0.3, 0.4) is 0 Å². The minimum atomic E-state index is -0.420. The summed E-state index contributed by atoms with van der Waals surface area (Å²) in [5.41, 5.74) is 14.4. The number of aromatic nitrogens is 2. The number of hydrogen-bond acceptors (Lipinski definition) is 5. The van der Waals surface area contributed by atoms with Gasteiger partial charge in [0.2, 0.25) is 0 Å². The summed E-state index contributed by atoms with van der Waals surface area (Å²) in [7, 11) is 0. The Kier molecular flexibility index (Phi) is 6.71. The molecular weight excluding hydrogens is 713 g/mol. The van der Waals surface area contributed by atoms with Gasteiger partial charge in [0, 0.05) is 53.9 Å². The molecule has 2 aromatic heterocycles. The van der Waals surface area contributed by atoms with Crippen molar-refractivity contribution in [3.8, 4) is 39.8 Å².